The highest BCUT2D eigenvalue weighted by atomic mass is 79.9. The van der Waals surface area contributed by atoms with Gasteiger partial charge in [0.05, 0.1) is 17.4 Å². The summed E-state index contributed by atoms with van der Waals surface area (Å²) in [5.74, 6) is -1.01. The molecule has 1 heterocycles. The fourth-order valence-electron chi connectivity index (χ4n) is 1.37. The Hall–Kier alpha value is -1.95. The van der Waals surface area contributed by atoms with Gasteiger partial charge in [-0.3, -0.25) is 9.78 Å². The first-order valence-electron chi connectivity index (χ1n) is 5.03. The number of amides is 1. The number of rotatable bonds is 2. The van der Waals surface area contributed by atoms with Gasteiger partial charge in [0, 0.05) is 16.4 Å². The zero-order valence-corrected chi connectivity index (χ0v) is 10.7. The number of anilines is 2. The number of nitrogens with one attached hydrogen (secondary N) is 1. The number of carbonyl (C=O) groups excluding carboxylic acids is 1. The molecule has 0 bridgehead atoms. The molecular formula is C12H9BrFN3O. The van der Waals surface area contributed by atoms with E-state index in [0.717, 1.165) is 12.3 Å². The molecule has 4 nitrogen and oxygen atoms in total. The van der Waals surface area contributed by atoms with Crippen LogP contribution in [-0.2, 0) is 0 Å². The average Bonchev–Trinajstić information content (AvgIpc) is 2.34. The van der Waals surface area contributed by atoms with Gasteiger partial charge in [-0.1, -0.05) is 0 Å². The Morgan fingerprint density at radius 3 is 2.83 bits per heavy atom. The van der Waals surface area contributed by atoms with Crippen LogP contribution >= 0.6 is 15.9 Å². The van der Waals surface area contributed by atoms with Crippen LogP contribution in [0.3, 0.4) is 0 Å². The van der Waals surface area contributed by atoms with Crippen LogP contribution < -0.4 is 11.1 Å². The Kier molecular flexibility index (Phi) is 3.57. The van der Waals surface area contributed by atoms with E-state index in [0.29, 0.717) is 15.8 Å². The number of nitrogen functional groups attached to an aromatic ring is 1. The molecule has 2 aromatic rings. The Morgan fingerprint density at radius 2 is 2.11 bits per heavy atom. The number of carbonyl (C=O) groups is 1. The fourth-order valence-corrected chi connectivity index (χ4v) is 1.71. The smallest absolute Gasteiger partial charge is 0.257 e. The van der Waals surface area contributed by atoms with E-state index in [9.17, 15) is 9.18 Å². The zero-order chi connectivity index (χ0) is 13.1. The second-order valence-electron chi connectivity index (χ2n) is 3.59. The van der Waals surface area contributed by atoms with E-state index in [-0.39, 0.29) is 5.56 Å². The maximum atomic E-state index is 12.9. The Labute approximate surface area is 111 Å². The molecule has 0 aliphatic rings. The summed E-state index contributed by atoms with van der Waals surface area (Å²) >= 11 is 3.29. The summed E-state index contributed by atoms with van der Waals surface area (Å²) in [7, 11) is 0. The molecule has 2 rings (SSSR count). The SMILES string of the molecule is Nc1ccc(Br)c(NC(=O)c2cncc(F)c2)c1. The zero-order valence-electron chi connectivity index (χ0n) is 9.15. The molecule has 0 saturated carbocycles. The molecule has 18 heavy (non-hydrogen) atoms. The van der Waals surface area contributed by atoms with Crippen molar-refractivity contribution < 1.29 is 9.18 Å². The quantitative estimate of drug-likeness (QED) is 0.838. The highest BCUT2D eigenvalue weighted by Gasteiger charge is 2.09. The Morgan fingerprint density at radius 1 is 1.33 bits per heavy atom. The molecule has 6 heteroatoms. The molecule has 0 saturated heterocycles. The van der Waals surface area contributed by atoms with Crippen molar-refractivity contribution in [3.63, 3.8) is 0 Å². The topological polar surface area (TPSA) is 68.0 Å². The van der Waals surface area contributed by atoms with Crippen LogP contribution in [-0.4, -0.2) is 10.9 Å². The Balaban J connectivity index is 2.24. The maximum Gasteiger partial charge on any atom is 0.257 e. The maximum absolute atomic E-state index is 12.9. The van der Waals surface area contributed by atoms with E-state index in [1.165, 1.54) is 6.20 Å². The van der Waals surface area contributed by atoms with Gasteiger partial charge in [-0.25, -0.2) is 4.39 Å². The summed E-state index contributed by atoms with van der Waals surface area (Å²) in [5.41, 5.74) is 6.80. The van der Waals surface area contributed by atoms with Gasteiger partial charge >= 0.3 is 0 Å². The van der Waals surface area contributed by atoms with Gasteiger partial charge < -0.3 is 11.1 Å². The lowest BCUT2D eigenvalue weighted by Crippen LogP contribution is -2.13. The molecule has 0 unspecified atom stereocenters. The van der Waals surface area contributed by atoms with Crippen LogP contribution in [0.25, 0.3) is 0 Å². The van der Waals surface area contributed by atoms with E-state index in [4.69, 9.17) is 5.73 Å². The predicted octanol–water partition coefficient (Wildman–Crippen LogP) is 2.82. The van der Waals surface area contributed by atoms with Gasteiger partial charge in [-0.05, 0) is 40.2 Å². The summed E-state index contributed by atoms with van der Waals surface area (Å²) < 4.78 is 13.6. The third-order valence-corrected chi connectivity index (χ3v) is 2.90. The van der Waals surface area contributed by atoms with Crippen molar-refractivity contribution in [1.82, 2.24) is 4.98 Å². The lowest BCUT2D eigenvalue weighted by molar-refractivity contribution is 0.102. The van der Waals surface area contributed by atoms with Crippen LogP contribution in [0.2, 0.25) is 0 Å². The molecule has 92 valence electrons. The molecule has 0 spiro atoms. The number of nitrogens with two attached hydrogens (primary N) is 1. The first-order chi connectivity index (χ1) is 8.56. The van der Waals surface area contributed by atoms with E-state index >= 15 is 0 Å². The van der Waals surface area contributed by atoms with Crippen molar-refractivity contribution in [2.45, 2.75) is 0 Å². The summed E-state index contributed by atoms with van der Waals surface area (Å²) in [4.78, 5) is 15.5. The molecule has 1 aromatic heterocycles. The molecular weight excluding hydrogens is 301 g/mol. The number of hydrogen-bond acceptors (Lipinski definition) is 3. The summed E-state index contributed by atoms with van der Waals surface area (Å²) in [5, 5.41) is 2.62. The minimum absolute atomic E-state index is 0.143. The van der Waals surface area contributed by atoms with Crippen molar-refractivity contribution in [1.29, 1.82) is 0 Å². The second-order valence-corrected chi connectivity index (χ2v) is 4.44. The summed E-state index contributed by atoms with van der Waals surface area (Å²) in [6.45, 7) is 0. The molecule has 0 fully saturated rings. The van der Waals surface area contributed by atoms with E-state index in [2.05, 4.69) is 26.2 Å². The highest BCUT2D eigenvalue weighted by molar-refractivity contribution is 9.10. The first kappa shape index (κ1) is 12.5. The molecule has 0 aliphatic heterocycles. The minimum Gasteiger partial charge on any atom is -0.399 e. The minimum atomic E-state index is -0.561. The molecule has 0 atom stereocenters. The van der Waals surface area contributed by atoms with E-state index in [1.54, 1.807) is 18.2 Å². The summed E-state index contributed by atoms with van der Waals surface area (Å²) in [6.07, 6.45) is 2.33. The van der Waals surface area contributed by atoms with Crippen LogP contribution in [0.4, 0.5) is 15.8 Å². The Bertz CT molecular complexity index is 604. The van der Waals surface area contributed by atoms with Gasteiger partial charge in [-0.2, -0.15) is 0 Å². The van der Waals surface area contributed by atoms with Crippen LogP contribution in [0.1, 0.15) is 10.4 Å². The normalized spacial score (nSPS) is 10.1. The molecule has 0 aliphatic carbocycles. The predicted molar refractivity (Wildman–Crippen MR) is 70.7 cm³/mol. The van der Waals surface area contributed by atoms with Crippen molar-refractivity contribution in [2.24, 2.45) is 0 Å². The van der Waals surface area contributed by atoms with Crippen LogP contribution in [0.15, 0.2) is 41.1 Å². The number of halogens is 2. The monoisotopic (exact) mass is 309 g/mol. The molecule has 0 radical (unpaired) electrons. The van der Waals surface area contributed by atoms with E-state index in [1.807, 2.05) is 0 Å². The fraction of sp³-hybridized carbons (Fsp3) is 0. The van der Waals surface area contributed by atoms with Crippen LogP contribution in [0.5, 0.6) is 0 Å². The lowest BCUT2D eigenvalue weighted by Gasteiger charge is -2.08. The number of benzene rings is 1. The third-order valence-electron chi connectivity index (χ3n) is 2.21. The largest absolute Gasteiger partial charge is 0.399 e. The van der Waals surface area contributed by atoms with Crippen molar-refractivity contribution in [3.8, 4) is 0 Å². The van der Waals surface area contributed by atoms with E-state index < -0.39 is 11.7 Å². The number of pyridine rings is 1. The van der Waals surface area contributed by atoms with Gasteiger partial charge in [0.25, 0.3) is 5.91 Å². The number of hydrogen-bond donors (Lipinski definition) is 2. The summed E-state index contributed by atoms with van der Waals surface area (Å²) in [6, 6.07) is 6.13. The molecule has 3 N–H and O–H groups in total. The average molecular weight is 310 g/mol. The third kappa shape index (κ3) is 2.84. The van der Waals surface area contributed by atoms with Gasteiger partial charge in [0.15, 0.2) is 0 Å². The van der Waals surface area contributed by atoms with Gasteiger partial charge in [0.1, 0.15) is 5.82 Å². The van der Waals surface area contributed by atoms with Gasteiger partial charge in [0.2, 0.25) is 0 Å². The number of nitrogens with zero attached hydrogens (tertiary/aromatic N) is 1. The van der Waals surface area contributed by atoms with Gasteiger partial charge in [-0.15, -0.1) is 0 Å². The molecule has 1 amide bonds. The van der Waals surface area contributed by atoms with Crippen LogP contribution in [0, 0.1) is 5.82 Å². The second kappa shape index (κ2) is 5.14. The molecule has 1 aromatic carbocycles. The van der Waals surface area contributed by atoms with Crippen molar-refractivity contribution >= 4 is 33.2 Å². The van der Waals surface area contributed by atoms with Crippen molar-refractivity contribution in [2.75, 3.05) is 11.1 Å². The standard InChI is InChI=1S/C12H9BrFN3O/c13-10-2-1-9(15)4-11(10)17-12(18)7-3-8(14)6-16-5-7/h1-6H,15H2,(H,17,18). The van der Waals surface area contributed by atoms with Crippen molar-refractivity contribution in [3.05, 3.63) is 52.5 Å². The number of aromatic nitrogens is 1. The first-order valence-corrected chi connectivity index (χ1v) is 5.82. The highest BCUT2D eigenvalue weighted by Crippen LogP contribution is 2.25. The lowest BCUT2D eigenvalue weighted by atomic mass is 10.2.